The molecule has 0 radical (unpaired) electrons. The Morgan fingerprint density at radius 2 is 2.00 bits per heavy atom. The molecule has 21 heavy (non-hydrogen) atoms. The van der Waals surface area contributed by atoms with E-state index in [4.69, 9.17) is 5.11 Å². The lowest BCUT2D eigenvalue weighted by Gasteiger charge is -2.15. The van der Waals surface area contributed by atoms with Crippen LogP contribution in [-0.2, 0) is 9.59 Å². The Morgan fingerprint density at radius 1 is 1.29 bits per heavy atom. The van der Waals surface area contributed by atoms with Crippen molar-refractivity contribution in [3.05, 3.63) is 38.4 Å². The Morgan fingerprint density at radius 3 is 2.62 bits per heavy atom. The fourth-order valence-electron chi connectivity index (χ4n) is 1.86. The zero-order valence-electron chi connectivity index (χ0n) is 10.6. The minimum absolute atomic E-state index is 0.0552. The number of nitrogens with zero attached hydrogens (tertiary/aromatic N) is 1. The van der Waals surface area contributed by atoms with Gasteiger partial charge in [-0.3, -0.25) is 19.3 Å². The second-order valence-electron chi connectivity index (χ2n) is 4.17. The molecule has 2 rings (SSSR count). The van der Waals surface area contributed by atoms with E-state index in [0.717, 1.165) is 11.0 Å². The third kappa shape index (κ3) is 3.22. The standard InChI is InChI=1S/C13H10Br2N2O4/c14-8-3-7(6-19)12(9(15)4-8)16-10-5-11(20)17(1-2-18)13(10)21/h3-6,16,18H,1-2H2. The van der Waals surface area contributed by atoms with E-state index in [9.17, 15) is 14.4 Å². The molecule has 0 fully saturated rings. The number of aliphatic hydroxyl groups is 1. The van der Waals surface area contributed by atoms with Crippen LogP contribution >= 0.6 is 31.9 Å². The first-order valence-corrected chi connectivity index (χ1v) is 7.46. The van der Waals surface area contributed by atoms with Crippen LogP contribution in [0.15, 0.2) is 32.9 Å². The van der Waals surface area contributed by atoms with Gasteiger partial charge >= 0.3 is 0 Å². The van der Waals surface area contributed by atoms with E-state index in [1.54, 1.807) is 12.1 Å². The number of aldehydes is 1. The fraction of sp³-hybridized carbons (Fsp3) is 0.154. The van der Waals surface area contributed by atoms with E-state index in [-0.39, 0.29) is 18.8 Å². The van der Waals surface area contributed by atoms with Gasteiger partial charge in [-0.25, -0.2) is 0 Å². The molecule has 1 aliphatic rings. The fourth-order valence-corrected chi connectivity index (χ4v) is 3.22. The van der Waals surface area contributed by atoms with Gasteiger partial charge in [-0.05, 0) is 28.1 Å². The SMILES string of the molecule is O=Cc1cc(Br)cc(Br)c1NC1=CC(=O)N(CCO)C1=O. The van der Waals surface area contributed by atoms with Crippen LogP contribution in [0.25, 0.3) is 0 Å². The number of halogens is 2. The number of anilines is 1. The molecule has 0 spiro atoms. The van der Waals surface area contributed by atoms with Crippen LogP contribution in [0.3, 0.4) is 0 Å². The Balaban J connectivity index is 2.32. The molecule has 110 valence electrons. The van der Waals surface area contributed by atoms with Crippen LogP contribution in [0.2, 0.25) is 0 Å². The summed E-state index contributed by atoms with van der Waals surface area (Å²) in [6, 6.07) is 3.30. The zero-order chi connectivity index (χ0) is 15.6. The van der Waals surface area contributed by atoms with Crippen LogP contribution in [0.5, 0.6) is 0 Å². The normalized spacial score (nSPS) is 14.4. The highest BCUT2D eigenvalue weighted by atomic mass is 79.9. The molecule has 2 amide bonds. The highest BCUT2D eigenvalue weighted by Gasteiger charge is 2.31. The highest BCUT2D eigenvalue weighted by molar-refractivity contribution is 9.11. The Kier molecular flexibility index (Phi) is 4.92. The number of hydrogen-bond donors (Lipinski definition) is 2. The summed E-state index contributed by atoms with van der Waals surface area (Å²) in [5, 5.41) is 11.6. The molecule has 0 aromatic heterocycles. The molecule has 1 aliphatic heterocycles. The molecule has 0 bridgehead atoms. The average molecular weight is 418 g/mol. The molecular weight excluding hydrogens is 408 g/mol. The summed E-state index contributed by atoms with van der Waals surface area (Å²) >= 11 is 6.56. The maximum atomic E-state index is 12.0. The zero-order valence-corrected chi connectivity index (χ0v) is 13.8. The van der Waals surface area contributed by atoms with Gasteiger partial charge in [0.05, 0.1) is 18.8 Å². The molecule has 0 saturated heterocycles. The van der Waals surface area contributed by atoms with Crippen molar-refractivity contribution in [2.45, 2.75) is 0 Å². The van der Waals surface area contributed by atoms with Gasteiger partial charge in [0, 0.05) is 20.6 Å². The second-order valence-corrected chi connectivity index (χ2v) is 5.94. The maximum Gasteiger partial charge on any atom is 0.277 e. The third-order valence-corrected chi connectivity index (χ3v) is 3.89. The van der Waals surface area contributed by atoms with Crippen molar-refractivity contribution in [3.63, 3.8) is 0 Å². The lowest BCUT2D eigenvalue weighted by molar-refractivity contribution is -0.137. The number of benzene rings is 1. The summed E-state index contributed by atoms with van der Waals surface area (Å²) in [6.07, 6.45) is 1.78. The van der Waals surface area contributed by atoms with Crippen LogP contribution in [-0.4, -0.2) is 41.3 Å². The first-order chi connectivity index (χ1) is 9.97. The predicted octanol–water partition coefficient (Wildman–Crippen LogP) is 1.68. The van der Waals surface area contributed by atoms with Gasteiger partial charge in [-0.15, -0.1) is 0 Å². The number of β-amino-alcohol motifs (C(OH)–C–C–N with tert-alkyl or cyclic N) is 1. The van der Waals surface area contributed by atoms with Crippen LogP contribution < -0.4 is 5.32 Å². The number of hydrogen-bond acceptors (Lipinski definition) is 5. The lowest BCUT2D eigenvalue weighted by Crippen LogP contribution is -2.34. The largest absolute Gasteiger partial charge is 0.395 e. The van der Waals surface area contributed by atoms with Crippen molar-refractivity contribution in [1.82, 2.24) is 4.90 Å². The minimum atomic E-state index is -0.541. The molecular formula is C13H10Br2N2O4. The summed E-state index contributed by atoms with van der Waals surface area (Å²) in [6.45, 7) is -0.373. The topological polar surface area (TPSA) is 86.7 Å². The van der Waals surface area contributed by atoms with E-state index in [1.807, 2.05) is 0 Å². The molecule has 1 aromatic carbocycles. The number of rotatable bonds is 5. The van der Waals surface area contributed by atoms with Crippen molar-refractivity contribution in [1.29, 1.82) is 0 Å². The molecule has 1 heterocycles. The monoisotopic (exact) mass is 416 g/mol. The quantitative estimate of drug-likeness (QED) is 0.562. The van der Waals surface area contributed by atoms with Gasteiger partial charge in [0.2, 0.25) is 0 Å². The Labute approximate surface area is 137 Å². The van der Waals surface area contributed by atoms with Crippen molar-refractivity contribution < 1.29 is 19.5 Å². The van der Waals surface area contributed by atoms with Gasteiger partial charge in [0.15, 0.2) is 6.29 Å². The first kappa shape index (κ1) is 15.9. The number of carbonyl (C=O) groups is 3. The Hall–Kier alpha value is -1.51. The molecule has 1 aromatic rings. The summed E-state index contributed by atoms with van der Waals surface area (Å²) in [7, 11) is 0. The van der Waals surface area contributed by atoms with Crippen molar-refractivity contribution in [3.8, 4) is 0 Å². The number of imide groups is 1. The van der Waals surface area contributed by atoms with Crippen LogP contribution in [0, 0.1) is 0 Å². The van der Waals surface area contributed by atoms with Gasteiger partial charge in [0.1, 0.15) is 5.70 Å². The van der Waals surface area contributed by atoms with Crippen molar-refractivity contribution in [2.24, 2.45) is 0 Å². The summed E-state index contributed by atoms with van der Waals surface area (Å²) < 4.78 is 1.27. The number of carbonyl (C=O) groups excluding carboxylic acids is 3. The van der Waals surface area contributed by atoms with Gasteiger partial charge in [-0.1, -0.05) is 15.9 Å². The van der Waals surface area contributed by atoms with Crippen LogP contribution in [0.4, 0.5) is 5.69 Å². The molecule has 0 unspecified atom stereocenters. The summed E-state index contributed by atoms with van der Waals surface area (Å²) in [5.41, 5.74) is 0.782. The number of amides is 2. The predicted molar refractivity (Wildman–Crippen MR) is 82.7 cm³/mol. The maximum absolute atomic E-state index is 12.0. The van der Waals surface area contributed by atoms with Gasteiger partial charge in [-0.2, -0.15) is 0 Å². The second kappa shape index (κ2) is 6.50. The van der Waals surface area contributed by atoms with E-state index in [0.29, 0.717) is 26.5 Å². The van der Waals surface area contributed by atoms with Crippen LogP contribution in [0.1, 0.15) is 10.4 Å². The minimum Gasteiger partial charge on any atom is -0.395 e. The molecule has 2 N–H and O–H groups in total. The highest BCUT2D eigenvalue weighted by Crippen LogP contribution is 2.31. The lowest BCUT2D eigenvalue weighted by atomic mass is 10.2. The Bertz CT molecular complexity index is 658. The third-order valence-electron chi connectivity index (χ3n) is 2.81. The number of aliphatic hydroxyl groups excluding tert-OH is 1. The molecule has 6 nitrogen and oxygen atoms in total. The summed E-state index contributed by atoms with van der Waals surface area (Å²) in [4.78, 5) is 35.7. The van der Waals surface area contributed by atoms with E-state index < -0.39 is 11.8 Å². The summed E-state index contributed by atoms with van der Waals surface area (Å²) in [5.74, 6) is -1.04. The van der Waals surface area contributed by atoms with E-state index in [1.165, 1.54) is 0 Å². The van der Waals surface area contributed by atoms with E-state index in [2.05, 4.69) is 37.2 Å². The van der Waals surface area contributed by atoms with Crippen molar-refractivity contribution in [2.75, 3.05) is 18.5 Å². The number of nitrogens with one attached hydrogen (secondary N) is 1. The van der Waals surface area contributed by atoms with Gasteiger partial charge < -0.3 is 10.4 Å². The smallest absolute Gasteiger partial charge is 0.277 e. The molecule has 0 aliphatic carbocycles. The van der Waals surface area contributed by atoms with Gasteiger partial charge in [0.25, 0.3) is 11.8 Å². The van der Waals surface area contributed by atoms with Crippen molar-refractivity contribution >= 4 is 55.6 Å². The van der Waals surface area contributed by atoms with E-state index >= 15 is 0 Å². The molecule has 0 saturated carbocycles. The first-order valence-electron chi connectivity index (χ1n) is 5.87. The molecule has 0 atom stereocenters. The molecule has 8 heteroatoms. The average Bonchev–Trinajstić information content (AvgIpc) is 2.69.